The molecule has 4 rings (SSSR count). The van der Waals surface area contributed by atoms with Crippen LogP contribution >= 0.6 is 11.3 Å². The summed E-state index contributed by atoms with van der Waals surface area (Å²) in [6.07, 6.45) is 1.63. The van der Waals surface area contributed by atoms with Gasteiger partial charge < -0.3 is 10.1 Å². The molecule has 0 saturated heterocycles. The van der Waals surface area contributed by atoms with E-state index in [4.69, 9.17) is 4.74 Å². The van der Waals surface area contributed by atoms with Gasteiger partial charge in [-0.25, -0.2) is 9.78 Å². The number of fused-ring (bicyclic) bond motifs is 1. The molecule has 0 spiro atoms. The number of benzene rings is 2. The number of thiazole rings is 1. The molecule has 4 aromatic rings. The van der Waals surface area contributed by atoms with Crippen molar-refractivity contribution in [1.82, 2.24) is 14.7 Å². The summed E-state index contributed by atoms with van der Waals surface area (Å²) in [4.78, 5) is 42.4. The van der Waals surface area contributed by atoms with Crippen molar-refractivity contribution in [3.8, 4) is 0 Å². The summed E-state index contributed by atoms with van der Waals surface area (Å²) in [6.45, 7) is -0.174. The smallest absolute Gasteiger partial charge is 0.333 e. The van der Waals surface area contributed by atoms with Gasteiger partial charge in [0.1, 0.15) is 6.61 Å². The third kappa shape index (κ3) is 4.28. The lowest BCUT2D eigenvalue weighted by atomic mass is 10.1. The van der Waals surface area contributed by atoms with Gasteiger partial charge in [0, 0.05) is 23.2 Å². The molecule has 150 valence electrons. The van der Waals surface area contributed by atoms with Gasteiger partial charge in [-0.15, -0.1) is 11.3 Å². The molecule has 30 heavy (non-hydrogen) atoms. The Morgan fingerprint density at radius 2 is 1.77 bits per heavy atom. The first-order valence-corrected chi connectivity index (χ1v) is 10.0. The molecular weight excluding hydrogens is 402 g/mol. The largest absolute Gasteiger partial charge is 0.457 e. The Kier molecular flexibility index (Phi) is 5.67. The van der Waals surface area contributed by atoms with Gasteiger partial charge in [-0.05, 0) is 17.7 Å². The molecule has 8 heteroatoms. The molecule has 2 aromatic heterocycles. The van der Waals surface area contributed by atoms with Crippen molar-refractivity contribution in [2.24, 2.45) is 0 Å². The average Bonchev–Trinajstić information content (AvgIpc) is 3.26. The fraction of sp³-hybridized carbons (Fsp3) is 0.0909. The van der Waals surface area contributed by atoms with Crippen molar-refractivity contribution in [2.75, 3.05) is 0 Å². The topological polar surface area (TPSA) is 89.8 Å². The van der Waals surface area contributed by atoms with Crippen LogP contribution < -0.4 is 10.9 Å². The maximum Gasteiger partial charge on any atom is 0.333 e. The molecular formula is C22H17N3O4S. The minimum atomic E-state index is -0.995. The maximum absolute atomic E-state index is 12.8. The molecule has 0 bridgehead atoms. The molecule has 1 unspecified atom stereocenters. The molecule has 1 atom stereocenters. The molecule has 1 N–H and O–H groups in total. The Balaban J connectivity index is 1.53. The van der Waals surface area contributed by atoms with Crippen LogP contribution in [0.3, 0.4) is 0 Å². The van der Waals surface area contributed by atoms with E-state index in [1.54, 1.807) is 66.2 Å². The highest BCUT2D eigenvalue weighted by Crippen LogP contribution is 2.17. The summed E-state index contributed by atoms with van der Waals surface area (Å²) in [7, 11) is 0. The predicted octanol–water partition coefficient (Wildman–Crippen LogP) is 2.97. The first-order valence-electron chi connectivity index (χ1n) is 9.15. The van der Waals surface area contributed by atoms with Gasteiger partial charge in [-0.1, -0.05) is 48.5 Å². The van der Waals surface area contributed by atoms with Crippen LogP contribution in [0, 0.1) is 0 Å². The van der Waals surface area contributed by atoms with E-state index in [9.17, 15) is 14.4 Å². The molecule has 7 nitrogen and oxygen atoms in total. The SMILES string of the molecule is O=C(NC(C(=O)OCc1cc(=O)n2ccsc2n1)c1ccccc1)c1ccccc1. The second kappa shape index (κ2) is 8.71. The molecule has 0 aliphatic carbocycles. The number of hydrogen-bond donors (Lipinski definition) is 1. The van der Waals surface area contributed by atoms with Crippen LogP contribution in [-0.4, -0.2) is 21.3 Å². The fourth-order valence-corrected chi connectivity index (χ4v) is 3.66. The highest BCUT2D eigenvalue weighted by molar-refractivity contribution is 7.15. The Hall–Kier alpha value is -3.78. The van der Waals surface area contributed by atoms with Gasteiger partial charge in [0.25, 0.3) is 11.5 Å². The summed E-state index contributed by atoms with van der Waals surface area (Å²) in [5.74, 6) is -1.03. The number of aromatic nitrogens is 2. The molecule has 0 radical (unpaired) electrons. The van der Waals surface area contributed by atoms with Crippen LogP contribution in [0.4, 0.5) is 0 Å². The summed E-state index contributed by atoms with van der Waals surface area (Å²) in [5.41, 5.74) is 1.12. The van der Waals surface area contributed by atoms with Crippen LogP contribution in [0.25, 0.3) is 4.96 Å². The van der Waals surface area contributed by atoms with E-state index < -0.39 is 17.9 Å². The van der Waals surface area contributed by atoms with Crippen molar-refractivity contribution >= 4 is 28.2 Å². The first kappa shape index (κ1) is 19.5. The van der Waals surface area contributed by atoms with Gasteiger partial charge in [-0.3, -0.25) is 14.0 Å². The Morgan fingerprint density at radius 3 is 2.50 bits per heavy atom. The van der Waals surface area contributed by atoms with Crippen LogP contribution in [0.1, 0.15) is 27.7 Å². The van der Waals surface area contributed by atoms with Crippen LogP contribution in [0.15, 0.2) is 83.1 Å². The summed E-state index contributed by atoms with van der Waals surface area (Å²) >= 11 is 1.31. The number of amides is 1. The monoisotopic (exact) mass is 419 g/mol. The zero-order valence-electron chi connectivity index (χ0n) is 15.7. The lowest BCUT2D eigenvalue weighted by molar-refractivity contribution is -0.147. The predicted molar refractivity (Wildman–Crippen MR) is 112 cm³/mol. The minimum absolute atomic E-state index is 0.174. The fourth-order valence-electron chi connectivity index (χ4n) is 2.92. The molecule has 2 aromatic carbocycles. The van der Waals surface area contributed by atoms with Gasteiger partial charge in [-0.2, -0.15) is 0 Å². The molecule has 0 fully saturated rings. The second-order valence-corrected chi connectivity index (χ2v) is 7.31. The summed E-state index contributed by atoms with van der Waals surface area (Å²) in [6, 6.07) is 17.8. The molecule has 2 heterocycles. The minimum Gasteiger partial charge on any atom is -0.457 e. The summed E-state index contributed by atoms with van der Waals surface area (Å²) in [5, 5.41) is 4.48. The number of nitrogens with one attached hydrogen (secondary N) is 1. The van der Waals surface area contributed by atoms with E-state index in [1.807, 2.05) is 6.07 Å². The van der Waals surface area contributed by atoms with Crippen molar-refractivity contribution < 1.29 is 14.3 Å². The highest BCUT2D eigenvalue weighted by atomic mass is 32.1. The lowest BCUT2D eigenvalue weighted by Crippen LogP contribution is -2.35. The maximum atomic E-state index is 12.8. The number of hydrogen-bond acceptors (Lipinski definition) is 6. The van der Waals surface area contributed by atoms with Crippen molar-refractivity contribution in [3.63, 3.8) is 0 Å². The van der Waals surface area contributed by atoms with Crippen LogP contribution in [0.5, 0.6) is 0 Å². The van der Waals surface area contributed by atoms with E-state index in [2.05, 4.69) is 10.3 Å². The quantitative estimate of drug-likeness (QED) is 0.486. The van der Waals surface area contributed by atoms with Crippen molar-refractivity contribution in [2.45, 2.75) is 12.6 Å². The Labute approximate surface area is 175 Å². The number of esters is 1. The van der Waals surface area contributed by atoms with E-state index in [1.165, 1.54) is 21.8 Å². The van der Waals surface area contributed by atoms with Gasteiger partial charge in [0.05, 0.1) is 5.69 Å². The van der Waals surface area contributed by atoms with E-state index in [0.717, 1.165) is 0 Å². The number of carbonyl (C=O) groups is 2. The molecule has 0 aliphatic heterocycles. The zero-order chi connectivity index (χ0) is 20.9. The molecule has 0 aliphatic rings. The third-order valence-corrected chi connectivity index (χ3v) is 5.16. The van der Waals surface area contributed by atoms with Crippen LogP contribution in [-0.2, 0) is 16.1 Å². The highest BCUT2D eigenvalue weighted by Gasteiger charge is 2.25. The van der Waals surface area contributed by atoms with Crippen molar-refractivity contribution in [1.29, 1.82) is 0 Å². The standard InChI is InChI=1S/C22H17N3O4S/c26-18-13-17(23-22-25(18)11-12-30-22)14-29-21(28)19(15-7-3-1-4-8-15)24-20(27)16-9-5-2-6-10-16/h1-13,19H,14H2,(H,24,27). The van der Waals surface area contributed by atoms with Crippen LogP contribution in [0.2, 0.25) is 0 Å². The van der Waals surface area contributed by atoms with Crippen molar-refractivity contribution in [3.05, 3.63) is 105 Å². The van der Waals surface area contributed by atoms with Gasteiger partial charge >= 0.3 is 5.97 Å². The van der Waals surface area contributed by atoms with Gasteiger partial charge in [0.2, 0.25) is 0 Å². The number of nitrogens with zero attached hydrogens (tertiary/aromatic N) is 2. The number of carbonyl (C=O) groups excluding carboxylic acids is 2. The average molecular weight is 419 g/mol. The number of ether oxygens (including phenoxy) is 1. The third-order valence-electron chi connectivity index (χ3n) is 4.40. The van der Waals surface area contributed by atoms with Gasteiger partial charge in [0.15, 0.2) is 11.0 Å². The van der Waals surface area contributed by atoms with E-state index in [-0.39, 0.29) is 12.2 Å². The van der Waals surface area contributed by atoms with E-state index >= 15 is 0 Å². The molecule has 0 saturated carbocycles. The zero-order valence-corrected chi connectivity index (χ0v) is 16.5. The Bertz CT molecular complexity index is 1240. The van der Waals surface area contributed by atoms with E-state index in [0.29, 0.717) is 21.8 Å². The normalized spacial score (nSPS) is 11.7. The lowest BCUT2D eigenvalue weighted by Gasteiger charge is -2.18. The summed E-state index contributed by atoms with van der Waals surface area (Å²) < 4.78 is 6.82. The Morgan fingerprint density at radius 1 is 1.07 bits per heavy atom. The number of rotatable bonds is 6. The second-order valence-electron chi connectivity index (χ2n) is 6.43. The molecule has 1 amide bonds. The first-order chi connectivity index (χ1) is 14.6.